The van der Waals surface area contributed by atoms with Crippen molar-refractivity contribution in [2.45, 2.75) is 4.90 Å². The van der Waals surface area contributed by atoms with Gasteiger partial charge in [0.1, 0.15) is 28.3 Å². The summed E-state index contributed by atoms with van der Waals surface area (Å²) in [5, 5.41) is 9.06. The van der Waals surface area contributed by atoms with Crippen LogP contribution in [0.5, 0.6) is 0 Å². The zero-order valence-corrected chi connectivity index (χ0v) is 11.5. The van der Waals surface area contributed by atoms with Gasteiger partial charge in [0.15, 0.2) is 0 Å². The fraction of sp³-hybridized carbons (Fsp3) is 0. The third kappa shape index (κ3) is 2.96. The average Bonchev–Trinajstić information content (AvgIpc) is 2.37. The number of nitrogen functional groups attached to an aromatic ring is 1. The van der Waals surface area contributed by atoms with E-state index in [1.807, 2.05) is 0 Å². The van der Waals surface area contributed by atoms with Crippen LogP contribution in [0.2, 0.25) is 5.15 Å². The Balaban J connectivity index is 2.44. The van der Waals surface area contributed by atoms with Gasteiger partial charge in [0.25, 0.3) is 10.0 Å². The van der Waals surface area contributed by atoms with Crippen molar-refractivity contribution in [2.24, 2.45) is 0 Å². The molecule has 0 fully saturated rings. The number of benzene rings is 1. The van der Waals surface area contributed by atoms with Crippen LogP contribution in [-0.2, 0) is 10.0 Å². The molecule has 1 aromatic carbocycles. The van der Waals surface area contributed by atoms with Crippen LogP contribution in [0.15, 0.2) is 35.5 Å². The Hall–Kier alpha value is -2.37. The van der Waals surface area contributed by atoms with E-state index in [9.17, 15) is 8.42 Å². The SMILES string of the molecule is N#Cc1cc(N)ccc1S(=O)(=O)Nc1cc(Cl)ncn1. The quantitative estimate of drug-likeness (QED) is 0.652. The second kappa shape index (κ2) is 5.32. The standard InChI is InChI=1S/C11H8ClN5O2S/c12-10-4-11(16-6-15-10)17-20(18,19)9-2-1-8(14)3-7(9)5-13/h1-4,6H,14H2,(H,15,16,17). The molecule has 1 aromatic heterocycles. The topological polar surface area (TPSA) is 122 Å². The molecular weight excluding hydrogens is 302 g/mol. The Labute approximate surface area is 120 Å². The molecule has 0 radical (unpaired) electrons. The fourth-order valence-electron chi connectivity index (χ4n) is 1.45. The summed E-state index contributed by atoms with van der Waals surface area (Å²) in [6, 6.07) is 6.95. The third-order valence-electron chi connectivity index (χ3n) is 2.29. The van der Waals surface area contributed by atoms with Crippen molar-refractivity contribution in [3.63, 3.8) is 0 Å². The molecule has 0 saturated carbocycles. The maximum absolute atomic E-state index is 12.2. The number of hydrogen-bond acceptors (Lipinski definition) is 6. The second-order valence-electron chi connectivity index (χ2n) is 3.70. The smallest absolute Gasteiger partial charge is 0.264 e. The number of hydrogen-bond donors (Lipinski definition) is 2. The molecule has 0 aliphatic carbocycles. The van der Waals surface area contributed by atoms with Crippen molar-refractivity contribution in [3.8, 4) is 6.07 Å². The van der Waals surface area contributed by atoms with Crippen LogP contribution in [0.1, 0.15) is 5.56 Å². The van der Waals surface area contributed by atoms with Gasteiger partial charge in [0.05, 0.1) is 5.56 Å². The summed E-state index contributed by atoms with van der Waals surface area (Å²) in [6.07, 6.45) is 1.12. The Morgan fingerprint density at radius 2 is 2.05 bits per heavy atom. The minimum Gasteiger partial charge on any atom is -0.399 e. The normalized spacial score (nSPS) is 10.8. The Morgan fingerprint density at radius 3 is 2.70 bits per heavy atom. The van der Waals surface area contributed by atoms with E-state index in [0.717, 1.165) is 6.33 Å². The van der Waals surface area contributed by atoms with Gasteiger partial charge in [0, 0.05) is 11.8 Å². The highest BCUT2D eigenvalue weighted by molar-refractivity contribution is 7.92. The van der Waals surface area contributed by atoms with E-state index < -0.39 is 10.0 Å². The number of nitrogens with two attached hydrogens (primary N) is 1. The lowest BCUT2D eigenvalue weighted by molar-refractivity contribution is 0.601. The van der Waals surface area contributed by atoms with Crippen molar-refractivity contribution in [3.05, 3.63) is 41.3 Å². The van der Waals surface area contributed by atoms with Crippen LogP contribution in [0.25, 0.3) is 0 Å². The van der Waals surface area contributed by atoms with Crippen LogP contribution in [0, 0.1) is 11.3 Å². The van der Waals surface area contributed by atoms with E-state index in [1.54, 1.807) is 6.07 Å². The van der Waals surface area contributed by atoms with E-state index in [4.69, 9.17) is 22.6 Å². The Morgan fingerprint density at radius 1 is 1.30 bits per heavy atom. The minimum absolute atomic E-state index is 0.00529. The van der Waals surface area contributed by atoms with E-state index in [0.29, 0.717) is 5.69 Å². The molecule has 20 heavy (non-hydrogen) atoms. The molecule has 2 rings (SSSR count). The molecule has 2 aromatic rings. The lowest BCUT2D eigenvalue weighted by Gasteiger charge is -2.09. The van der Waals surface area contributed by atoms with E-state index >= 15 is 0 Å². The molecule has 0 atom stereocenters. The van der Waals surface area contributed by atoms with E-state index in [1.165, 1.54) is 24.3 Å². The number of anilines is 2. The molecular formula is C11H8ClN5O2S. The molecule has 1 heterocycles. The van der Waals surface area contributed by atoms with Crippen LogP contribution in [0.3, 0.4) is 0 Å². The van der Waals surface area contributed by atoms with Gasteiger partial charge in [-0.15, -0.1) is 0 Å². The second-order valence-corrected chi connectivity index (χ2v) is 5.74. The van der Waals surface area contributed by atoms with Crippen LogP contribution >= 0.6 is 11.6 Å². The van der Waals surface area contributed by atoms with Gasteiger partial charge in [0.2, 0.25) is 0 Å². The Kier molecular flexibility index (Phi) is 3.74. The fourth-order valence-corrected chi connectivity index (χ4v) is 2.74. The first kappa shape index (κ1) is 14.0. The molecule has 0 amide bonds. The highest BCUT2D eigenvalue weighted by Crippen LogP contribution is 2.21. The summed E-state index contributed by atoms with van der Waals surface area (Å²) < 4.78 is 26.6. The van der Waals surface area contributed by atoms with Gasteiger partial charge in [-0.25, -0.2) is 18.4 Å². The number of nitrogens with one attached hydrogen (secondary N) is 1. The summed E-state index contributed by atoms with van der Waals surface area (Å²) in [5.74, 6) is 0.00529. The number of halogens is 1. The number of nitrogens with zero attached hydrogens (tertiary/aromatic N) is 3. The molecule has 0 bridgehead atoms. The van der Waals surface area contributed by atoms with Crippen LogP contribution in [-0.4, -0.2) is 18.4 Å². The van der Waals surface area contributed by atoms with Crippen molar-refractivity contribution in [2.75, 3.05) is 10.5 Å². The zero-order chi connectivity index (χ0) is 14.8. The molecule has 0 aliphatic rings. The van der Waals surface area contributed by atoms with Crippen molar-refractivity contribution >= 4 is 33.1 Å². The van der Waals surface area contributed by atoms with Gasteiger partial charge in [-0.05, 0) is 18.2 Å². The number of aromatic nitrogens is 2. The molecule has 3 N–H and O–H groups in total. The van der Waals surface area contributed by atoms with E-state index in [-0.39, 0.29) is 21.4 Å². The minimum atomic E-state index is -3.97. The first-order chi connectivity index (χ1) is 9.42. The van der Waals surface area contributed by atoms with Gasteiger partial charge in [-0.2, -0.15) is 5.26 Å². The predicted molar refractivity (Wildman–Crippen MR) is 73.4 cm³/mol. The maximum atomic E-state index is 12.2. The van der Waals surface area contributed by atoms with Gasteiger partial charge >= 0.3 is 0 Å². The molecule has 0 spiro atoms. The van der Waals surface area contributed by atoms with Crippen LogP contribution < -0.4 is 10.5 Å². The maximum Gasteiger partial charge on any atom is 0.264 e. The van der Waals surface area contributed by atoms with Gasteiger partial charge < -0.3 is 5.73 Å². The number of nitriles is 1. The molecule has 0 unspecified atom stereocenters. The number of rotatable bonds is 3. The third-order valence-corrected chi connectivity index (χ3v) is 3.91. The van der Waals surface area contributed by atoms with Gasteiger partial charge in [-0.3, -0.25) is 4.72 Å². The highest BCUT2D eigenvalue weighted by atomic mass is 35.5. The van der Waals surface area contributed by atoms with E-state index in [2.05, 4.69) is 14.7 Å². The Bertz CT molecular complexity index is 801. The number of sulfonamides is 1. The summed E-state index contributed by atoms with van der Waals surface area (Å²) >= 11 is 5.64. The predicted octanol–water partition coefficient (Wildman–Crippen LogP) is 1.38. The molecule has 0 saturated heterocycles. The molecule has 102 valence electrons. The molecule has 7 nitrogen and oxygen atoms in total. The summed E-state index contributed by atoms with van der Waals surface area (Å²) in [7, 11) is -3.97. The largest absolute Gasteiger partial charge is 0.399 e. The lowest BCUT2D eigenvalue weighted by Crippen LogP contribution is -2.15. The average molecular weight is 310 g/mol. The monoisotopic (exact) mass is 309 g/mol. The van der Waals surface area contributed by atoms with Crippen LogP contribution in [0.4, 0.5) is 11.5 Å². The lowest BCUT2D eigenvalue weighted by atomic mass is 10.2. The summed E-state index contributed by atoms with van der Waals surface area (Å²) in [5.41, 5.74) is 5.75. The zero-order valence-electron chi connectivity index (χ0n) is 9.91. The molecule has 0 aliphatic heterocycles. The van der Waals surface area contributed by atoms with Crippen molar-refractivity contribution < 1.29 is 8.42 Å². The summed E-state index contributed by atoms with van der Waals surface area (Å²) in [6.45, 7) is 0. The van der Waals surface area contributed by atoms with Gasteiger partial charge in [-0.1, -0.05) is 11.6 Å². The first-order valence-corrected chi connectivity index (χ1v) is 7.08. The molecule has 9 heteroatoms. The summed E-state index contributed by atoms with van der Waals surface area (Å²) in [4.78, 5) is 7.18. The highest BCUT2D eigenvalue weighted by Gasteiger charge is 2.19. The van der Waals surface area contributed by atoms with Crippen molar-refractivity contribution in [1.82, 2.24) is 9.97 Å². The van der Waals surface area contributed by atoms with Crippen molar-refractivity contribution in [1.29, 1.82) is 5.26 Å². The first-order valence-electron chi connectivity index (χ1n) is 5.22.